The Morgan fingerprint density at radius 2 is 2.30 bits per heavy atom. The molecule has 0 aliphatic carbocycles. The molecule has 1 rings (SSSR count). The summed E-state index contributed by atoms with van der Waals surface area (Å²) in [6.07, 6.45) is 0. The van der Waals surface area contributed by atoms with Crippen LogP contribution >= 0.6 is 11.6 Å². The van der Waals surface area contributed by atoms with Gasteiger partial charge in [0.25, 0.3) is 5.56 Å². The molecule has 2 N–H and O–H groups in total. The second-order valence-corrected chi connectivity index (χ2v) is 2.17. The predicted octanol–water partition coefficient (Wildman–Crippen LogP) is 0.437. The molecule has 5 heteroatoms. The van der Waals surface area contributed by atoms with Gasteiger partial charge in [-0.2, -0.15) is 4.98 Å². The minimum Gasteiger partial charge on any atom is -0.492 e. The van der Waals surface area contributed by atoms with Gasteiger partial charge in [0.1, 0.15) is 5.82 Å². The summed E-state index contributed by atoms with van der Waals surface area (Å²) in [7, 11) is 0. The van der Waals surface area contributed by atoms with Gasteiger partial charge in [0.05, 0.1) is 0 Å². The molecule has 10 heavy (non-hydrogen) atoms. The van der Waals surface area contributed by atoms with E-state index in [1.165, 1.54) is 0 Å². The van der Waals surface area contributed by atoms with Gasteiger partial charge >= 0.3 is 0 Å². The summed E-state index contributed by atoms with van der Waals surface area (Å²) in [4.78, 5) is 16.5. The number of nitrogens with zero attached hydrogens (tertiary/aromatic N) is 1. The van der Waals surface area contributed by atoms with Crippen LogP contribution in [0.1, 0.15) is 5.82 Å². The Balaban J connectivity index is 3.46. The van der Waals surface area contributed by atoms with E-state index in [1.54, 1.807) is 6.92 Å². The molecule has 0 bridgehead atoms. The summed E-state index contributed by atoms with van der Waals surface area (Å²) in [6.45, 7) is 1.55. The fourth-order valence-electron chi connectivity index (χ4n) is 0.557. The lowest BCUT2D eigenvalue weighted by atomic mass is 10.6. The van der Waals surface area contributed by atoms with E-state index in [2.05, 4.69) is 9.97 Å². The zero-order valence-corrected chi connectivity index (χ0v) is 5.94. The Kier molecular flexibility index (Phi) is 1.63. The van der Waals surface area contributed by atoms with Crippen LogP contribution in [0.3, 0.4) is 0 Å². The maximum Gasteiger partial charge on any atom is 0.273 e. The average Bonchev–Trinajstić information content (AvgIpc) is 1.82. The molecule has 0 saturated carbocycles. The number of nitrogens with one attached hydrogen (secondary N) is 1. The Hall–Kier alpha value is -1.03. The lowest BCUT2D eigenvalue weighted by molar-refractivity contribution is 0.449. The van der Waals surface area contributed by atoms with Crippen LogP contribution in [0.2, 0.25) is 5.02 Å². The molecule has 0 amide bonds. The highest BCUT2D eigenvalue weighted by Crippen LogP contribution is 2.12. The first-order valence-corrected chi connectivity index (χ1v) is 2.94. The zero-order valence-electron chi connectivity index (χ0n) is 5.18. The van der Waals surface area contributed by atoms with Crippen molar-refractivity contribution in [3.8, 4) is 5.88 Å². The fraction of sp³-hybridized carbons (Fsp3) is 0.200. The van der Waals surface area contributed by atoms with E-state index >= 15 is 0 Å². The van der Waals surface area contributed by atoms with Crippen LogP contribution in [0.5, 0.6) is 5.88 Å². The third-order valence-corrected chi connectivity index (χ3v) is 1.30. The monoisotopic (exact) mass is 160 g/mol. The van der Waals surface area contributed by atoms with Crippen molar-refractivity contribution >= 4 is 11.6 Å². The maximum absolute atomic E-state index is 10.7. The van der Waals surface area contributed by atoms with E-state index < -0.39 is 11.4 Å². The third-order valence-electron chi connectivity index (χ3n) is 0.964. The molecule has 1 aromatic heterocycles. The van der Waals surface area contributed by atoms with Crippen molar-refractivity contribution in [1.82, 2.24) is 9.97 Å². The molecule has 54 valence electrons. The highest BCUT2D eigenvalue weighted by Gasteiger charge is 2.03. The first kappa shape index (κ1) is 7.08. The molecule has 0 aromatic carbocycles. The van der Waals surface area contributed by atoms with Crippen LogP contribution in [0, 0.1) is 6.92 Å². The number of hydrogen-bond acceptors (Lipinski definition) is 3. The van der Waals surface area contributed by atoms with Gasteiger partial charge in [-0.25, -0.2) is 0 Å². The Morgan fingerprint density at radius 1 is 1.70 bits per heavy atom. The first-order valence-electron chi connectivity index (χ1n) is 2.56. The normalized spacial score (nSPS) is 9.80. The summed E-state index contributed by atoms with van der Waals surface area (Å²) < 4.78 is 0. The number of hydrogen-bond donors (Lipinski definition) is 2. The molecule has 0 aliphatic heterocycles. The standard InChI is InChI=1S/C5H5ClN2O2/c1-2-7-4(9)3(6)5(10)8-2/h1H3,(H2,7,8,9,10). The molecular weight excluding hydrogens is 156 g/mol. The van der Waals surface area contributed by atoms with Crippen molar-refractivity contribution < 1.29 is 5.11 Å². The fourth-order valence-corrected chi connectivity index (χ4v) is 0.646. The molecular formula is C5H5ClN2O2. The molecule has 0 atom stereocenters. The third kappa shape index (κ3) is 1.11. The minimum atomic E-state index is -0.522. The molecule has 0 aliphatic rings. The summed E-state index contributed by atoms with van der Waals surface area (Å²) >= 11 is 5.29. The lowest BCUT2D eigenvalue weighted by Gasteiger charge is -1.94. The van der Waals surface area contributed by atoms with Gasteiger partial charge < -0.3 is 10.1 Å². The summed E-state index contributed by atoms with van der Waals surface area (Å²) in [5.74, 6) is -0.0881. The number of aromatic hydroxyl groups is 1. The molecule has 0 saturated heterocycles. The number of aryl methyl sites for hydroxylation is 1. The van der Waals surface area contributed by atoms with Crippen molar-refractivity contribution in [3.63, 3.8) is 0 Å². The molecule has 0 spiro atoms. The predicted molar refractivity (Wildman–Crippen MR) is 36.3 cm³/mol. The highest BCUT2D eigenvalue weighted by atomic mass is 35.5. The van der Waals surface area contributed by atoms with Gasteiger partial charge in [-0.05, 0) is 6.92 Å². The van der Waals surface area contributed by atoms with Crippen LogP contribution < -0.4 is 5.56 Å². The van der Waals surface area contributed by atoms with E-state index in [0.717, 1.165) is 0 Å². The largest absolute Gasteiger partial charge is 0.492 e. The second-order valence-electron chi connectivity index (χ2n) is 1.79. The van der Waals surface area contributed by atoms with Crippen LogP contribution in [0.15, 0.2) is 4.79 Å². The molecule has 0 fully saturated rings. The Labute approximate surface area is 61.5 Å². The smallest absolute Gasteiger partial charge is 0.273 e. The number of H-pyrrole nitrogens is 1. The SMILES string of the molecule is Cc1nc(O)c(Cl)c(=O)[nH]1. The van der Waals surface area contributed by atoms with Crippen molar-refractivity contribution in [1.29, 1.82) is 0 Å². The first-order chi connectivity index (χ1) is 4.61. The molecule has 1 heterocycles. The topological polar surface area (TPSA) is 66.0 Å². The Morgan fingerprint density at radius 3 is 2.80 bits per heavy atom. The lowest BCUT2D eigenvalue weighted by Crippen LogP contribution is -2.09. The zero-order chi connectivity index (χ0) is 7.72. The van der Waals surface area contributed by atoms with Crippen LogP contribution in [0.4, 0.5) is 0 Å². The van der Waals surface area contributed by atoms with Crippen LogP contribution in [-0.4, -0.2) is 15.1 Å². The quantitative estimate of drug-likeness (QED) is 0.579. The van der Waals surface area contributed by atoms with Crippen LogP contribution in [-0.2, 0) is 0 Å². The van der Waals surface area contributed by atoms with Crippen molar-refractivity contribution in [2.24, 2.45) is 0 Å². The van der Waals surface area contributed by atoms with E-state index in [1.807, 2.05) is 0 Å². The number of aromatic nitrogens is 2. The van der Waals surface area contributed by atoms with Gasteiger partial charge in [-0.3, -0.25) is 4.79 Å². The van der Waals surface area contributed by atoms with Gasteiger partial charge in [0.2, 0.25) is 5.88 Å². The number of aromatic amines is 1. The summed E-state index contributed by atoms with van der Waals surface area (Å²) in [6, 6.07) is 0. The second kappa shape index (κ2) is 2.30. The van der Waals surface area contributed by atoms with Gasteiger partial charge in [-0.1, -0.05) is 11.6 Å². The summed E-state index contributed by atoms with van der Waals surface area (Å²) in [5.41, 5.74) is -0.522. The molecule has 0 radical (unpaired) electrons. The van der Waals surface area contributed by atoms with Crippen molar-refractivity contribution in [3.05, 3.63) is 21.2 Å². The van der Waals surface area contributed by atoms with Crippen molar-refractivity contribution in [2.75, 3.05) is 0 Å². The summed E-state index contributed by atoms with van der Waals surface area (Å²) in [5, 5.41) is 8.55. The van der Waals surface area contributed by atoms with Gasteiger partial charge in [0, 0.05) is 0 Å². The van der Waals surface area contributed by atoms with E-state index in [9.17, 15) is 4.79 Å². The van der Waals surface area contributed by atoms with Gasteiger partial charge in [0.15, 0.2) is 5.02 Å². The van der Waals surface area contributed by atoms with E-state index in [0.29, 0.717) is 5.82 Å². The molecule has 0 unspecified atom stereocenters. The highest BCUT2D eigenvalue weighted by molar-refractivity contribution is 6.31. The number of rotatable bonds is 0. The van der Waals surface area contributed by atoms with Crippen LogP contribution in [0.25, 0.3) is 0 Å². The minimum absolute atomic E-state index is 0.273. The average molecular weight is 161 g/mol. The molecule has 1 aromatic rings. The Bertz CT molecular complexity index is 307. The molecule has 4 nitrogen and oxygen atoms in total. The van der Waals surface area contributed by atoms with Gasteiger partial charge in [-0.15, -0.1) is 0 Å². The maximum atomic E-state index is 10.7. The number of halogens is 1. The van der Waals surface area contributed by atoms with E-state index in [4.69, 9.17) is 16.7 Å². The van der Waals surface area contributed by atoms with E-state index in [-0.39, 0.29) is 5.02 Å². The van der Waals surface area contributed by atoms with Crippen molar-refractivity contribution in [2.45, 2.75) is 6.92 Å².